The number of anilines is 1. The van der Waals surface area contributed by atoms with Gasteiger partial charge in [-0.05, 0) is 50.5 Å². The highest BCUT2D eigenvalue weighted by Gasteiger charge is 2.30. The molecule has 2 aromatic rings. The van der Waals surface area contributed by atoms with Crippen LogP contribution in [0.25, 0.3) is 0 Å². The lowest BCUT2D eigenvalue weighted by Crippen LogP contribution is -2.50. The molecule has 8 heteroatoms. The molecule has 0 aliphatic carbocycles. The van der Waals surface area contributed by atoms with Gasteiger partial charge in [-0.25, -0.2) is 4.39 Å². The summed E-state index contributed by atoms with van der Waals surface area (Å²) in [5.41, 5.74) is 3.20. The van der Waals surface area contributed by atoms with Crippen LogP contribution >= 0.6 is 0 Å². The Balaban J connectivity index is 1.20. The van der Waals surface area contributed by atoms with Crippen molar-refractivity contribution in [1.82, 2.24) is 20.1 Å². The van der Waals surface area contributed by atoms with Gasteiger partial charge in [-0.2, -0.15) is 0 Å². The monoisotopic (exact) mass is 455 g/mol. The topological polar surface area (TPSA) is 71.7 Å². The molecule has 0 radical (unpaired) electrons. The maximum absolute atomic E-state index is 14.0. The number of nitrogens with one attached hydrogen (secondary N) is 2. The number of likely N-dealkylation sites (tertiary alicyclic amines) is 1. The first-order valence-corrected chi connectivity index (χ1v) is 11.9. The van der Waals surface area contributed by atoms with Crippen LogP contribution in [0, 0.1) is 25.6 Å². The van der Waals surface area contributed by atoms with E-state index in [0.29, 0.717) is 31.0 Å². The second-order valence-electron chi connectivity index (χ2n) is 9.17. The lowest BCUT2D eigenvalue weighted by Gasteiger charge is -2.36. The summed E-state index contributed by atoms with van der Waals surface area (Å²) >= 11 is 0. The third kappa shape index (κ3) is 5.55. The van der Waals surface area contributed by atoms with E-state index in [1.165, 1.54) is 6.07 Å². The number of nitrogens with zero attached hydrogens (tertiary/aromatic N) is 3. The van der Waals surface area contributed by atoms with Gasteiger partial charge in [0, 0.05) is 58.1 Å². The fraction of sp³-hybridized carbons (Fsp3) is 0.520. The van der Waals surface area contributed by atoms with Gasteiger partial charge in [-0.15, -0.1) is 0 Å². The van der Waals surface area contributed by atoms with Crippen molar-refractivity contribution in [2.24, 2.45) is 5.92 Å². The van der Waals surface area contributed by atoms with E-state index in [0.717, 1.165) is 56.8 Å². The molecule has 0 spiro atoms. The molecule has 4 rings (SSSR count). The number of aromatic amines is 1. The predicted molar refractivity (Wildman–Crippen MR) is 127 cm³/mol. The van der Waals surface area contributed by atoms with Crippen molar-refractivity contribution in [3.8, 4) is 0 Å². The first kappa shape index (κ1) is 23.3. The van der Waals surface area contributed by atoms with Gasteiger partial charge >= 0.3 is 0 Å². The number of hydrogen-bond donors (Lipinski definition) is 2. The average molecular weight is 456 g/mol. The minimum absolute atomic E-state index is 0.0224. The molecule has 2 amide bonds. The van der Waals surface area contributed by atoms with Crippen LogP contribution < -0.4 is 10.2 Å². The lowest BCUT2D eigenvalue weighted by molar-refractivity contribution is -0.126. The highest BCUT2D eigenvalue weighted by Crippen LogP contribution is 2.21. The van der Waals surface area contributed by atoms with Gasteiger partial charge in [-0.3, -0.25) is 14.5 Å². The fourth-order valence-electron chi connectivity index (χ4n) is 4.89. The second-order valence-corrected chi connectivity index (χ2v) is 9.17. The largest absolute Gasteiger partial charge is 0.367 e. The van der Waals surface area contributed by atoms with E-state index in [1.54, 1.807) is 11.0 Å². The van der Waals surface area contributed by atoms with Crippen molar-refractivity contribution in [2.75, 3.05) is 57.3 Å². The predicted octanol–water partition coefficient (Wildman–Crippen LogP) is 2.56. The summed E-state index contributed by atoms with van der Waals surface area (Å²) in [6.45, 7) is 9.59. The molecule has 33 heavy (non-hydrogen) atoms. The van der Waals surface area contributed by atoms with Crippen LogP contribution in [0.2, 0.25) is 0 Å². The maximum Gasteiger partial charge on any atom is 0.270 e. The molecular weight excluding hydrogens is 421 g/mol. The standard InChI is InChI=1S/C25H34FN5O2/c1-18-16-19(2)28-23(18)25(33)31-10-5-6-20(17-31)24(32)27-9-11-29-12-14-30(15-13-29)22-8-4-3-7-21(22)26/h3-4,7-8,16,20,28H,5-6,9-15,17H2,1-2H3,(H,27,32). The highest BCUT2D eigenvalue weighted by molar-refractivity contribution is 5.94. The van der Waals surface area contributed by atoms with Crippen LogP contribution in [-0.4, -0.2) is 79.0 Å². The molecule has 3 heterocycles. The Morgan fingerprint density at radius 1 is 1.12 bits per heavy atom. The SMILES string of the molecule is Cc1cc(C)c(C(=O)N2CCCC(C(=O)NCCN3CCN(c4ccccc4F)CC3)C2)[nH]1. The molecule has 7 nitrogen and oxygen atoms in total. The second kappa shape index (κ2) is 10.4. The van der Waals surface area contributed by atoms with E-state index in [1.807, 2.05) is 32.0 Å². The molecule has 1 aromatic heterocycles. The van der Waals surface area contributed by atoms with Crippen LogP contribution in [0.4, 0.5) is 10.1 Å². The van der Waals surface area contributed by atoms with Crippen LogP contribution in [0.15, 0.2) is 30.3 Å². The van der Waals surface area contributed by atoms with Crippen LogP contribution in [0.1, 0.15) is 34.6 Å². The molecule has 2 aliphatic rings. The number of piperazine rings is 1. The Morgan fingerprint density at radius 3 is 2.58 bits per heavy atom. The van der Waals surface area contributed by atoms with E-state index in [-0.39, 0.29) is 23.5 Å². The zero-order valence-electron chi connectivity index (χ0n) is 19.6. The van der Waals surface area contributed by atoms with Crippen molar-refractivity contribution >= 4 is 17.5 Å². The van der Waals surface area contributed by atoms with Gasteiger partial charge in [0.1, 0.15) is 11.5 Å². The molecule has 2 saturated heterocycles. The van der Waals surface area contributed by atoms with Gasteiger partial charge in [0.05, 0.1) is 11.6 Å². The number of rotatable bonds is 6. The fourth-order valence-corrected chi connectivity index (χ4v) is 4.89. The number of aromatic nitrogens is 1. The van der Waals surface area contributed by atoms with E-state index in [4.69, 9.17) is 0 Å². The van der Waals surface area contributed by atoms with E-state index in [2.05, 4.69) is 20.1 Å². The van der Waals surface area contributed by atoms with Crippen molar-refractivity contribution in [3.63, 3.8) is 0 Å². The number of para-hydroxylation sites is 1. The summed E-state index contributed by atoms with van der Waals surface area (Å²) in [5, 5.41) is 3.07. The number of amides is 2. The third-order valence-electron chi connectivity index (χ3n) is 6.74. The number of piperidine rings is 1. The van der Waals surface area contributed by atoms with Crippen LogP contribution in [-0.2, 0) is 4.79 Å². The molecule has 0 bridgehead atoms. The van der Waals surface area contributed by atoms with Gasteiger partial charge < -0.3 is 20.1 Å². The first-order chi connectivity index (χ1) is 15.9. The summed E-state index contributed by atoms with van der Waals surface area (Å²) in [6.07, 6.45) is 1.64. The van der Waals surface area contributed by atoms with Crippen molar-refractivity contribution in [3.05, 3.63) is 53.1 Å². The van der Waals surface area contributed by atoms with Crippen LogP contribution in [0.3, 0.4) is 0 Å². The molecular formula is C25H34FN5O2. The van der Waals surface area contributed by atoms with Gasteiger partial charge in [0.15, 0.2) is 0 Å². The van der Waals surface area contributed by atoms with Gasteiger partial charge in [0.2, 0.25) is 5.91 Å². The minimum atomic E-state index is -0.181. The number of carbonyl (C=O) groups is 2. The number of H-pyrrole nitrogens is 1. The molecule has 1 atom stereocenters. The number of aryl methyl sites for hydroxylation is 2. The van der Waals surface area contributed by atoms with E-state index in [9.17, 15) is 14.0 Å². The zero-order chi connectivity index (χ0) is 23.4. The zero-order valence-corrected chi connectivity index (χ0v) is 19.6. The van der Waals surface area contributed by atoms with Crippen molar-refractivity contribution in [2.45, 2.75) is 26.7 Å². The highest BCUT2D eigenvalue weighted by atomic mass is 19.1. The van der Waals surface area contributed by atoms with Gasteiger partial charge in [0.25, 0.3) is 5.91 Å². The average Bonchev–Trinajstić information content (AvgIpc) is 3.17. The molecule has 178 valence electrons. The number of benzene rings is 1. The number of carbonyl (C=O) groups excluding carboxylic acids is 2. The van der Waals surface area contributed by atoms with E-state index < -0.39 is 0 Å². The molecule has 2 N–H and O–H groups in total. The summed E-state index contributed by atoms with van der Waals surface area (Å²) < 4.78 is 14.0. The normalized spacial score (nSPS) is 19.5. The van der Waals surface area contributed by atoms with Gasteiger partial charge in [-0.1, -0.05) is 12.1 Å². The van der Waals surface area contributed by atoms with Crippen LogP contribution in [0.5, 0.6) is 0 Å². The lowest BCUT2D eigenvalue weighted by atomic mass is 9.96. The summed E-state index contributed by atoms with van der Waals surface area (Å²) in [6, 6.07) is 8.86. The summed E-state index contributed by atoms with van der Waals surface area (Å²) in [4.78, 5) is 35.0. The summed E-state index contributed by atoms with van der Waals surface area (Å²) in [5.74, 6) is -0.348. The smallest absolute Gasteiger partial charge is 0.270 e. The molecule has 0 saturated carbocycles. The molecule has 1 aromatic carbocycles. The first-order valence-electron chi connectivity index (χ1n) is 11.9. The van der Waals surface area contributed by atoms with Crippen molar-refractivity contribution < 1.29 is 14.0 Å². The Hall–Kier alpha value is -2.87. The molecule has 2 aliphatic heterocycles. The maximum atomic E-state index is 14.0. The Bertz CT molecular complexity index is 983. The minimum Gasteiger partial charge on any atom is -0.367 e. The summed E-state index contributed by atoms with van der Waals surface area (Å²) in [7, 11) is 0. The molecule has 2 fully saturated rings. The Labute approximate surface area is 194 Å². The Morgan fingerprint density at radius 2 is 1.88 bits per heavy atom. The third-order valence-corrected chi connectivity index (χ3v) is 6.74. The molecule has 1 unspecified atom stereocenters. The quantitative estimate of drug-likeness (QED) is 0.702. The Kier molecular flexibility index (Phi) is 7.33. The van der Waals surface area contributed by atoms with E-state index >= 15 is 0 Å². The number of hydrogen-bond acceptors (Lipinski definition) is 4. The van der Waals surface area contributed by atoms with Crippen molar-refractivity contribution in [1.29, 1.82) is 0 Å². The number of halogens is 1.